The normalized spacial score (nSPS) is 12.3. The molecular weight excluding hydrogens is 324 g/mol. The molecule has 3 amide bonds. The number of aryl methyl sites for hydroxylation is 1. The molecule has 0 aliphatic carbocycles. The number of sulfone groups is 1. The summed E-state index contributed by atoms with van der Waals surface area (Å²) >= 11 is 0. The zero-order valence-corrected chi connectivity index (χ0v) is 13.6. The number of primary amides is 1. The van der Waals surface area contributed by atoms with Gasteiger partial charge >= 0.3 is 12.0 Å². The van der Waals surface area contributed by atoms with E-state index >= 15 is 0 Å². The molecule has 0 aromatic heterocycles. The number of ether oxygens (including phenoxy) is 1. The van der Waals surface area contributed by atoms with Gasteiger partial charge in [0.2, 0.25) is 0 Å². The van der Waals surface area contributed by atoms with E-state index in [0.717, 1.165) is 5.56 Å². The summed E-state index contributed by atoms with van der Waals surface area (Å²) < 4.78 is 28.9. The van der Waals surface area contributed by atoms with Gasteiger partial charge in [-0.1, -0.05) is 17.7 Å². The number of carbonyl (C=O) groups is 3. The Balaban J connectivity index is 2.57. The molecule has 1 atom stereocenters. The van der Waals surface area contributed by atoms with Crippen LogP contribution in [0.5, 0.6) is 0 Å². The number of benzene rings is 1. The van der Waals surface area contributed by atoms with Crippen LogP contribution in [0.3, 0.4) is 0 Å². The summed E-state index contributed by atoms with van der Waals surface area (Å²) in [6.45, 7) is 3.07. The molecular formula is C14H18N2O6S. The van der Waals surface area contributed by atoms with Crippen molar-refractivity contribution in [1.29, 1.82) is 0 Å². The summed E-state index contributed by atoms with van der Waals surface area (Å²) in [6, 6.07) is 5.15. The highest BCUT2D eigenvalue weighted by Gasteiger charge is 2.21. The molecule has 126 valence electrons. The number of esters is 1. The minimum atomic E-state index is -3.62. The summed E-state index contributed by atoms with van der Waals surface area (Å²) in [5.41, 5.74) is 5.68. The van der Waals surface area contributed by atoms with Gasteiger partial charge in [0.25, 0.3) is 5.91 Å². The van der Waals surface area contributed by atoms with Crippen LogP contribution in [-0.2, 0) is 24.2 Å². The smallest absolute Gasteiger partial charge is 0.318 e. The molecule has 0 bridgehead atoms. The van der Waals surface area contributed by atoms with Gasteiger partial charge in [0.1, 0.15) is 0 Å². The van der Waals surface area contributed by atoms with Crippen LogP contribution in [0.15, 0.2) is 29.2 Å². The number of nitrogens with one attached hydrogen (secondary N) is 1. The molecule has 3 N–H and O–H groups in total. The van der Waals surface area contributed by atoms with E-state index in [0.29, 0.717) is 0 Å². The summed E-state index contributed by atoms with van der Waals surface area (Å²) in [5.74, 6) is -2.20. The highest BCUT2D eigenvalue weighted by molar-refractivity contribution is 7.91. The molecule has 0 aliphatic rings. The van der Waals surface area contributed by atoms with Gasteiger partial charge in [0.05, 0.1) is 17.1 Å². The van der Waals surface area contributed by atoms with Crippen molar-refractivity contribution >= 4 is 27.7 Å². The van der Waals surface area contributed by atoms with Gasteiger partial charge in [0, 0.05) is 0 Å². The molecule has 9 heteroatoms. The number of urea groups is 1. The highest BCUT2D eigenvalue weighted by atomic mass is 32.2. The lowest BCUT2D eigenvalue weighted by molar-refractivity contribution is -0.154. The Morgan fingerprint density at radius 3 is 2.30 bits per heavy atom. The fraction of sp³-hybridized carbons (Fsp3) is 0.357. The Morgan fingerprint density at radius 2 is 1.78 bits per heavy atom. The average Bonchev–Trinajstić information content (AvgIpc) is 2.45. The maximum absolute atomic E-state index is 12.1. The molecule has 1 aromatic carbocycles. The Kier molecular flexibility index (Phi) is 6.26. The van der Waals surface area contributed by atoms with Crippen molar-refractivity contribution in [2.24, 2.45) is 5.73 Å². The summed E-state index contributed by atoms with van der Waals surface area (Å²) in [6.07, 6.45) is -1.67. The molecule has 0 heterocycles. The number of hydrogen-bond donors (Lipinski definition) is 2. The second-order valence-corrected chi connectivity index (χ2v) is 6.98. The van der Waals surface area contributed by atoms with Crippen LogP contribution in [0, 0.1) is 6.92 Å². The van der Waals surface area contributed by atoms with Crippen molar-refractivity contribution in [3.8, 4) is 0 Å². The molecule has 8 nitrogen and oxygen atoms in total. The van der Waals surface area contributed by atoms with Gasteiger partial charge < -0.3 is 10.5 Å². The fourth-order valence-electron chi connectivity index (χ4n) is 1.61. The number of amides is 3. The van der Waals surface area contributed by atoms with Gasteiger partial charge in [-0.05, 0) is 26.0 Å². The Morgan fingerprint density at radius 1 is 1.22 bits per heavy atom. The summed E-state index contributed by atoms with van der Waals surface area (Å²) in [5, 5.41) is 1.76. The topological polar surface area (TPSA) is 133 Å². The lowest BCUT2D eigenvalue weighted by atomic mass is 10.2. The molecule has 0 unspecified atom stereocenters. The maximum atomic E-state index is 12.1. The third kappa shape index (κ3) is 6.07. The van der Waals surface area contributed by atoms with Crippen LogP contribution in [0.1, 0.15) is 18.9 Å². The second-order valence-electron chi connectivity index (χ2n) is 4.87. The van der Waals surface area contributed by atoms with Crippen molar-refractivity contribution in [2.75, 3.05) is 5.75 Å². The van der Waals surface area contributed by atoms with E-state index < -0.39 is 46.0 Å². The van der Waals surface area contributed by atoms with Gasteiger partial charge in [-0.2, -0.15) is 0 Å². The number of nitrogens with two attached hydrogens (primary N) is 1. The number of rotatable bonds is 6. The number of carbonyl (C=O) groups excluding carboxylic acids is 3. The molecule has 0 saturated carbocycles. The molecule has 23 heavy (non-hydrogen) atoms. The Hall–Kier alpha value is -2.42. The van der Waals surface area contributed by atoms with Gasteiger partial charge in [-0.3, -0.25) is 14.9 Å². The standard InChI is InChI=1S/C14H18N2O6S/c1-9-3-5-11(6-4-9)23(20,21)8-7-12(17)22-10(2)13(18)16-14(15)19/h3-6,10H,7-8H2,1-2H3,(H3,15,16,18,19)/t10-/m0/s1. The lowest BCUT2D eigenvalue weighted by Gasteiger charge is -2.12. The molecule has 1 aromatic rings. The third-order valence-corrected chi connectivity index (χ3v) is 4.61. The van der Waals surface area contributed by atoms with E-state index in [1.165, 1.54) is 19.1 Å². The SMILES string of the molecule is Cc1ccc(S(=O)(=O)CCC(=O)O[C@@H](C)C(=O)NC(N)=O)cc1. The first-order valence-corrected chi connectivity index (χ1v) is 8.36. The summed E-state index contributed by atoms with van der Waals surface area (Å²) in [7, 11) is -3.62. The number of hydrogen-bond acceptors (Lipinski definition) is 6. The van der Waals surface area contributed by atoms with Crippen molar-refractivity contribution < 1.29 is 27.5 Å². The van der Waals surface area contributed by atoms with Crippen LogP contribution < -0.4 is 11.1 Å². The quantitative estimate of drug-likeness (QED) is 0.714. The zero-order valence-electron chi connectivity index (χ0n) is 12.7. The molecule has 1 rings (SSSR count). The van der Waals surface area contributed by atoms with E-state index in [1.807, 2.05) is 6.92 Å². The van der Waals surface area contributed by atoms with Crippen molar-refractivity contribution in [3.63, 3.8) is 0 Å². The first-order valence-electron chi connectivity index (χ1n) is 6.71. The lowest BCUT2D eigenvalue weighted by Crippen LogP contribution is -2.42. The van der Waals surface area contributed by atoms with Gasteiger partial charge in [-0.15, -0.1) is 0 Å². The summed E-state index contributed by atoms with van der Waals surface area (Å²) in [4.78, 5) is 33.5. The van der Waals surface area contributed by atoms with E-state index in [9.17, 15) is 22.8 Å². The maximum Gasteiger partial charge on any atom is 0.318 e. The fourth-order valence-corrected chi connectivity index (χ4v) is 2.84. The second kappa shape index (κ2) is 7.73. The van der Waals surface area contributed by atoms with Crippen LogP contribution in [-0.4, -0.2) is 38.2 Å². The molecule has 0 fully saturated rings. The minimum absolute atomic E-state index is 0.107. The molecule has 0 spiro atoms. The first kappa shape index (κ1) is 18.6. The van der Waals surface area contributed by atoms with E-state index in [1.54, 1.807) is 17.4 Å². The van der Waals surface area contributed by atoms with Crippen molar-refractivity contribution in [3.05, 3.63) is 29.8 Å². The van der Waals surface area contributed by atoms with Gasteiger partial charge in [-0.25, -0.2) is 13.2 Å². The van der Waals surface area contributed by atoms with Gasteiger partial charge in [0.15, 0.2) is 15.9 Å². The average molecular weight is 342 g/mol. The Bertz CT molecular complexity index is 696. The van der Waals surface area contributed by atoms with Crippen molar-refractivity contribution in [2.45, 2.75) is 31.3 Å². The largest absolute Gasteiger partial charge is 0.453 e. The zero-order chi connectivity index (χ0) is 17.6. The predicted octanol–water partition coefficient (Wildman–Crippen LogP) is 0.285. The Labute approximate surface area is 133 Å². The molecule has 0 radical (unpaired) electrons. The van der Waals surface area contributed by atoms with Crippen LogP contribution in [0.4, 0.5) is 4.79 Å². The van der Waals surface area contributed by atoms with Crippen LogP contribution in [0.25, 0.3) is 0 Å². The van der Waals surface area contributed by atoms with E-state index in [2.05, 4.69) is 0 Å². The third-order valence-electron chi connectivity index (χ3n) is 2.88. The predicted molar refractivity (Wildman–Crippen MR) is 81.1 cm³/mol. The van der Waals surface area contributed by atoms with Crippen molar-refractivity contribution in [1.82, 2.24) is 5.32 Å². The molecule has 0 aliphatic heterocycles. The van der Waals surface area contributed by atoms with Crippen LogP contribution >= 0.6 is 0 Å². The minimum Gasteiger partial charge on any atom is -0.453 e. The van der Waals surface area contributed by atoms with E-state index in [4.69, 9.17) is 10.5 Å². The number of imide groups is 1. The molecule has 0 saturated heterocycles. The monoisotopic (exact) mass is 342 g/mol. The first-order chi connectivity index (χ1) is 10.6. The van der Waals surface area contributed by atoms with Crippen LogP contribution in [0.2, 0.25) is 0 Å². The van der Waals surface area contributed by atoms with E-state index in [-0.39, 0.29) is 4.90 Å². The highest BCUT2D eigenvalue weighted by Crippen LogP contribution is 2.13.